The molecule has 1 amide bonds. The Kier molecular flexibility index (Phi) is 7.69. The zero-order valence-electron chi connectivity index (χ0n) is 24.5. The molecule has 6 rings (SSSR count). The Bertz CT molecular complexity index is 2080. The van der Waals surface area contributed by atoms with Gasteiger partial charge < -0.3 is 14.7 Å². The lowest BCUT2D eigenvalue weighted by atomic mass is 9.98. The lowest BCUT2D eigenvalue weighted by molar-refractivity contribution is 0.0964. The van der Waals surface area contributed by atoms with Crippen LogP contribution in [0.5, 0.6) is 0 Å². The summed E-state index contributed by atoms with van der Waals surface area (Å²) in [7, 11) is -2.28. The fourth-order valence-corrected chi connectivity index (χ4v) is 6.43. The first kappa shape index (κ1) is 29.1. The first-order valence-corrected chi connectivity index (χ1v) is 16.0. The van der Waals surface area contributed by atoms with E-state index in [-0.39, 0.29) is 18.9 Å². The van der Waals surface area contributed by atoms with Crippen LogP contribution in [0.2, 0.25) is 0 Å². The molecule has 3 heterocycles. The van der Waals surface area contributed by atoms with Crippen molar-refractivity contribution < 1.29 is 22.0 Å². The number of pyridine rings is 1. The van der Waals surface area contributed by atoms with E-state index in [1.165, 1.54) is 4.31 Å². The van der Waals surface area contributed by atoms with Crippen molar-refractivity contribution in [2.45, 2.75) is 13.3 Å². The number of aromatic nitrogens is 2. The Hall–Kier alpha value is -4.96. The number of sulfonamides is 1. The molecule has 3 aromatic carbocycles. The molecular weight excluding hydrogens is 579 g/mol. The standard InChI is InChI=1S/C34H31FN4O4S/c1-21-9-11-22(12-10-21)33-32(34(40)36-2)27-17-26(30(18-31(27)43-33)39(14-6-13-35)44(3,41)42)24-15-25(20-37-19-24)29-16-23-7-4-5-8-28(23)38-29/h4-5,7-12,15-20,38H,6,13-14H2,1-3H3,(H,36,40). The number of aryl methyl sites for hydroxylation is 1. The summed E-state index contributed by atoms with van der Waals surface area (Å²) >= 11 is 0. The number of anilines is 1. The number of H-pyrrole nitrogens is 1. The number of fused-ring (bicyclic) bond motifs is 2. The van der Waals surface area contributed by atoms with Crippen LogP contribution in [0.25, 0.3) is 55.6 Å². The van der Waals surface area contributed by atoms with Crippen molar-refractivity contribution in [1.82, 2.24) is 15.3 Å². The molecule has 224 valence electrons. The van der Waals surface area contributed by atoms with Gasteiger partial charge in [-0.15, -0.1) is 0 Å². The molecule has 0 radical (unpaired) electrons. The van der Waals surface area contributed by atoms with Gasteiger partial charge >= 0.3 is 0 Å². The first-order valence-electron chi connectivity index (χ1n) is 14.1. The number of carbonyl (C=O) groups excluding carboxylic acids is 1. The van der Waals surface area contributed by atoms with Crippen LogP contribution in [0.1, 0.15) is 22.3 Å². The van der Waals surface area contributed by atoms with Gasteiger partial charge in [0.15, 0.2) is 0 Å². The number of aromatic amines is 1. The smallest absolute Gasteiger partial charge is 0.255 e. The molecule has 0 unspecified atom stereocenters. The number of hydrogen-bond donors (Lipinski definition) is 2. The van der Waals surface area contributed by atoms with Crippen molar-refractivity contribution in [3.05, 3.63) is 96.3 Å². The van der Waals surface area contributed by atoms with Gasteiger partial charge in [-0.3, -0.25) is 18.5 Å². The quantitative estimate of drug-likeness (QED) is 0.182. The summed E-state index contributed by atoms with van der Waals surface area (Å²) in [6.07, 6.45) is 4.47. The minimum atomic E-state index is -3.83. The van der Waals surface area contributed by atoms with Crippen molar-refractivity contribution in [2.75, 3.05) is 30.8 Å². The minimum Gasteiger partial charge on any atom is -0.455 e. The second-order valence-corrected chi connectivity index (χ2v) is 12.6. The van der Waals surface area contributed by atoms with Crippen molar-refractivity contribution in [3.8, 4) is 33.7 Å². The maximum absolute atomic E-state index is 13.4. The molecule has 10 heteroatoms. The molecule has 44 heavy (non-hydrogen) atoms. The molecule has 0 aliphatic heterocycles. The van der Waals surface area contributed by atoms with Crippen molar-refractivity contribution in [3.63, 3.8) is 0 Å². The Morgan fingerprint density at radius 2 is 1.75 bits per heavy atom. The van der Waals surface area contributed by atoms with E-state index < -0.39 is 16.7 Å². The molecule has 0 spiro atoms. The monoisotopic (exact) mass is 610 g/mol. The molecular formula is C34H31FN4O4S. The Morgan fingerprint density at radius 1 is 1.00 bits per heavy atom. The Labute approximate surface area is 254 Å². The van der Waals surface area contributed by atoms with Gasteiger partial charge in [0.05, 0.1) is 24.2 Å². The average Bonchev–Trinajstić information content (AvgIpc) is 3.62. The van der Waals surface area contributed by atoms with Crippen LogP contribution >= 0.6 is 0 Å². The number of nitrogens with one attached hydrogen (secondary N) is 2. The highest BCUT2D eigenvalue weighted by Crippen LogP contribution is 2.42. The van der Waals surface area contributed by atoms with E-state index in [0.717, 1.165) is 34.0 Å². The van der Waals surface area contributed by atoms with E-state index >= 15 is 0 Å². The molecule has 3 aromatic heterocycles. The SMILES string of the molecule is CNC(=O)c1c(-c2ccc(C)cc2)oc2cc(N(CCCF)S(C)(=O)=O)c(-c3cncc(-c4cc5ccccc5[nH]4)c3)cc12. The fraction of sp³-hybridized carbons (Fsp3) is 0.176. The van der Waals surface area contributed by atoms with E-state index in [4.69, 9.17) is 4.42 Å². The Balaban J connectivity index is 1.62. The van der Waals surface area contributed by atoms with Gasteiger partial charge in [-0.2, -0.15) is 0 Å². The third-order valence-electron chi connectivity index (χ3n) is 7.63. The normalized spacial score (nSPS) is 11.7. The third-order valence-corrected chi connectivity index (χ3v) is 8.81. The van der Waals surface area contributed by atoms with E-state index in [1.807, 2.05) is 67.6 Å². The fourth-order valence-electron chi connectivity index (χ4n) is 5.46. The van der Waals surface area contributed by atoms with Crippen molar-refractivity contribution in [2.24, 2.45) is 0 Å². The van der Waals surface area contributed by atoms with E-state index in [2.05, 4.69) is 15.3 Å². The van der Waals surface area contributed by atoms with Gasteiger partial charge in [-0.1, -0.05) is 48.0 Å². The zero-order valence-corrected chi connectivity index (χ0v) is 25.3. The molecule has 0 fully saturated rings. The molecule has 6 aromatic rings. The number of para-hydroxylation sites is 1. The highest BCUT2D eigenvalue weighted by molar-refractivity contribution is 7.92. The number of carbonyl (C=O) groups is 1. The lowest BCUT2D eigenvalue weighted by Gasteiger charge is -2.25. The van der Waals surface area contributed by atoms with Crippen LogP contribution in [-0.4, -0.2) is 50.8 Å². The molecule has 0 aliphatic carbocycles. The van der Waals surface area contributed by atoms with Crippen LogP contribution in [0, 0.1) is 6.92 Å². The number of rotatable bonds is 9. The lowest BCUT2D eigenvalue weighted by Crippen LogP contribution is -2.31. The zero-order chi connectivity index (χ0) is 31.0. The van der Waals surface area contributed by atoms with Gasteiger partial charge in [0.25, 0.3) is 5.91 Å². The molecule has 0 saturated carbocycles. The number of furan rings is 1. The third kappa shape index (κ3) is 5.44. The summed E-state index contributed by atoms with van der Waals surface area (Å²) in [6.45, 7) is 1.22. The number of benzene rings is 3. The van der Waals surface area contributed by atoms with Gasteiger partial charge in [-0.05, 0) is 37.6 Å². The summed E-state index contributed by atoms with van der Waals surface area (Å²) < 4.78 is 47.1. The van der Waals surface area contributed by atoms with Crippen LogP contribution in [0.15, 0.2) is 89.6 Å². The number of amides is 1. The van der Waals surface area contributed by atoms with Gasteiger partial charge in [-0.25, -0.2) is 8.42 Å². The highest BCUT2D eigenvalue weighted by Gasteiger charge is 2.27. The maximum atomic E-state index is 13.4. The summed E-state index contributed by atoms with van der Waals surface area (Å²) in [4.78, 5) is 21.2. The van der Waals surface area contributed by atoms with Crippen LogP contribution < -0.4 is 9.62 Å². The molecule has 2 N–H and O–H groups in total. The Morgan fingerprint density at radius 3 is 2.45 bits per heavy atom. The topological polar surface area (TPSA) is 108 Å². The second-order valence-electron chi connectivity index (χ2n) is 10.7. The van der Waals surface area contributed by atoms with Gasteiger partial charge in [0, 0.05) is 76.3 Å². The van der Waals surface area contributed by atoms with E-state index in [0.29, 0.717) is 44.7 Å². The second kappa shape index (κ2) is 11.6. The van der Waals surface area contributed by atoms with Crippen molar-refractivity contribution in [1.29, 1.82) is 0 Å². The van der Waals surface area contributed by atoms with E-state index in [9.17, 15) is 17.6 Å². The highest BCUT2D eigenvalue weighted by atomic mass is 32.2. The predicted octanol–water partition coefficient (Wildman–Crippen LogP) is 7.10. The van der Waals surface area contributed by atoms with Gasteiger partial charge in [0.1, 0.15) is 11.3 Å². The first-order chi connectivity index (χ1) is 21.2. The minimum absolute atomic E-state index is 0.00810. The molecule has 8 nitrogen and oxygen atoms in total. The summed E-state index contributed by atoms with van der Waals surface area (Å²) in [6, 6.07) is 22.8. The van der Waals surface area contributed by atoms with Crippen LogP contribution in [0.3, 0.4) is 0 Å². The summed E-state index contributed by atoms with van der Waals surface area (Å²) in [5.74, 6) is 0.0161. The maximum Gasteiger partial charge on any atom is 0.255 e. The molecule has 0 bridgehead atoms. The number of hydrogen-bond acceptors (Lipinski definition) is 5. The summed E-state index contributed by atoms with van der Waals surface area (Å²) in [5, 5.41) is 4.26. The van der Waals surface area contributed by atoms with Crippen LogP contribution in [-0.2, 0) is 10.0 Å². The molecule has 0 saturated heterocycles. The molecule has 0 atom stereocenters. The van der Waals surface area contributed by atoms with E-state index in [1.54, 1.807) is 31.6 Å². The van der Waals surface area contributed by atoms with Crippen molar-refractivity contribution >= 4 is 43.5 Å². The summed E-state index contributed by atoms with van der Waals surface area (Å²) in [5.41, 5.74) is 6.44. The number of halogens is 1. The van der Waals surface area contributed by atoms with Gasteiger partial charge in [0.2, 0.25) is 10.0 Å². The predicted molar refractivity (Wildman–Crippen MR) is 173 cm³/mol. The number of nitrogens with zero attached hydrogens (tertiary/aromatic N) is 2. The van der Waals surface area contributed by atoms with Crippen LogP contribution in [0.4, 0.5) is 10.1 Å². The molecule has 0 aliphatic rings. The number of alkyl halides is 1. The largest absolute Gasteiger partial charge is 0.455 e. The average molecular weight is 611 g/mol.